The van der Waals surface area contributed by atoms with Crippen molar-refractivity contribution in [2.75, 3.05) is 6.54 Å². The van der Waals surface area contributed by atoms with Crippen molar-refractivity contribution >= 4 is 0 Å². The molecule has 1 aliphatic heterocycles. The van der Waals surface area contributed by atoms with Crippen LogP contribution < -0.4 is 5.32 Å². The Morgan fingerprint density at radius 2 is 2.06 bits per heavy atom. The second-order valence-electron chi connectivity index (χ2n) is 4.84. The van der Waals surface area contributed by atoms with E-state index in [0.717, 1.165) is 19.4 Å². The van der Waals surface area contributed by atoms with Crippen LogP contribution in [0.15, 0.2) is 18.2 Å². The number of aliphatic hydroxyl groups excluding tert-OH is 1. The SMILES string of the molecule is Cc1cccc(C)c1CC(O)C1CCCN1. The van der Waals surface area contributed by atoms with Crippen molar-refractivity contribution in [3.8, 4) is 0 Å². The average Bonchev–Trinajstić information content (AvgIpc) is 2.76. The molecule has 1 saturated heterocycles. The molecular formula is C14H21NO. The first kappa shape index (κ1) is 11.6. The van der Waals surface area contributed by atoms with Crippen molar-refractivity contribution in [2.45, 2.75) is 45.3 Å². The standard InChI is InChI=1S/C14H21NO/c1-10-5-3-6-11(2)12(10)9-14(16)13-7-4-8-15-13/h3,5-6,13-16H,4,7-9H2,1-2H3. The van der Waals surface area contributed by atoms with Gasteiger partial charge >= 0.3 is 0 Å². The Balaban J connectivity index is 2.07. The topological polar surface area (TPSA) is 32.3 Å². The molecule has 0 radical (unpaired) electrons. The number of hydrogen-bond donors (Lipinski definition) is 2. The van der Waals surface area contributed by atoms with Gasteiger partial charge in [-0.3, -0.25) is 0 Å². The maximum Gasteiger partial charge on any atom is 0.0733 e. The predicted molar refractivity (Wildman–Crippen MR) is 66.7 cm³/mol. The highest BCUT2D eigenvalue weighted by molar-refractivity contribution is 5.34. The molecule has 2 unspecified atom stereocenters. The maximum absolute atomic E-state index is 10.2. The zero-order valence-electron chi connectivity index (χ0n) is 10.2. The van der Waals surface area contributed by atoms with Crippen molar-refractivity contribution in [1.29, 1.82) is 0 Å². The monoisotopic (exact) mass is 219 g/mol. The smallest absolute Gasteiger partial charge is 0.0733 e. The normalized spacial score (nSPS) is 22.3. The van der Waals surface area contributed by atoms with E-state index in [4.69, 9.17) is 0 Å². The van der Waals surface area contributed by atoms with Crippen LogP contribution in [0.5, 0.6) is 0 Å². The van der Waals surface area contributed by atoms with Crippen LogP contribution in [0, 0.1) is 13.8 Å². The largest absolute Gasteiger partial charge is 0.391 e. The van der Waals surface area contributed by atoms with Crippen molar-refractivity contribution in [3.63, 3.8) is 0 Å². The molecule has 2 N–H and O–H groups in total. The van der Waals surface area contributed by atoms with E-state index >= 15 is 0 Å². The van der Waals surface area contributed by atoms with E-state index in [1.165, 1.54) is 23.1 Å². The minimum atomic E-state index is -0.248. The van der Waals surface area contributed by atoms with Gasteiger partial charge < -0.3 is 10.4 Å². The summed E-state index contributed by atoms with van der Waals surface area (Å²) in [6.45, 7) is 5.29. The van der Waals surface area contributed by atoms with Gasteiger partial charge in [-0.1, -0.05) is 18.2 Å². The van der Waals surface area contributed by atoms with Crippen molar-refractivity contribution in [3.05, 3.63) is 34.9 Å². The lowest BCUT2D eigenvalue weighted by Crippen LogP contribution is -2.36. The van der Waals surface area contributed by atoms with Crippen molar-refractivity contribution in [1.82, 2.24) is 5.32 Å². The fourth-order valence-electron chi connectivity index (χ4n) is 2.56. The van der Waals surface area contributed by atoms with Gasteiger partial charge in [0.1, 0.15) is 0 Å². The molecule has 0 aliphatic carbocycles. The highest BCUT2D eigenvalue weighted by Gasteiger charge is 2.23. The Kier molecular flexibility index (Phi) is 3.62. The quantitative estimate of drug-likeness (QED) is 0.814. The van der Waals surface area contributed by atoms with Gasteiger partial charge in [-0.15, -0.1) is 0 Å². The molecule has 0 aromatic heterocycles. The van der Waals surface area contributed by atoms with Gasteiger partial charge in [-0.05, 0) is 49.9 Å². The first-order valence-corrected chi connectivity index (χ1v) is 6.15. The summed E-state index contributed by atoms with van der Waals surface area (Å²) in [7, 11) is 0. The summed E-state index contributed by atoms with van der Waals surface area (Å²) in [5.41, 5.74) is 3.89. The zero-order chi connectivity index (χ0) is 11.5. The van der Waals surface area contributed by atoms with E-state index in [2.05, 4.69) is 37.4 Å². The van der Waals surface area contributed by atoms with Gasteiger partial charge in [0.25, 0.3) is 0 Å². The fourth-order valence-corrected chi connectivity index (χ4v) is 2.56. The van der Waals surface area contributed by atoms with Gasteiger partial charge in [0.2, 0.25) is 0 Å². The van der Waals surface area contributed by atoms with Gasteiger partial charge in [0.15, 0.2) is 0 Å². The Morgan fingerprint density at radius 1 is 1.38 bits per heavy atom. The molecule has 2 heteroatoms. The van der Waals surface area contributed by atoms with Crippen LogP contribution in [-0.2, 0) is 6.42 Å². The lowest BCUT2D eigenvalue weighted by molar-refractivity contribution is 0.135. The molecule has 88 valence electrons. The minimum Gasteiger partial charge on any atom is -0.391 e. The lowest BCUT2D eigenvalue weighted by atomic mass is 9.94. The van der Waals surface area contributed by atoms with Crippen molar-refractivity contribution < 1.29 is 5.11 Å². The van der Waals surface area contributed by atoms with E-state index in [-0.39, 0.29) is 6.10 Å². The third-order valence-electron chi connectivity index (χ3n) is 3.62. The van der Waals surface area contributed by atoms with Crippen LogP contribution in [0.4, 0.5) is 0 Å². The summed E-state index contributed by atoms with van der Waals surface area (Å²) in [5, 5.41) is 13.6. The first-order chi connectivity index (χ1) is 7.68. The number of benzene rings is 1. The van der Waals surface area contributed by atoms with E-state index in [9.17, 15) is 5.11 Å². The molecule has 0 amide bonds. The highest BCUT2D eigenvalue weighted by atomic mass is 16.3. The molecule has 1 aromatic rings. The van der Waals surface area contributed by atoms with Crippen LogP contribution in [-0.4, -0.2) is 23.8 Å². The van der Waals surface area contributed by atoms with Crippen LogP contribution in [0.3, 0.4) is 0 Å². The average molecular weight is 219 g/mol. The summed E-state index contributed by atoms with van der Waals surface area (Å²) in [6.07, 6.45) is 2.82. The van der Waals surface area contributed by atoms with Gasteiger partial charge in [0, 0.05) is 12.5 Å². The third kappa shape index (κ3) is 2.45. The van der Waals surface area contributed by atoms with Crippen LogP contribution >= 0.6 is 0 Å². The minimum absolute atomic E-state index is 0.248. The number of nitrogens with one attached hydrogen (secondary N) is 1. The van der Waals surface area contributed by atoms with E-state index in [1.807, 2.05) is 0 Å². The molecule has 1 heterocycles. The molecule has 1 aliphatic rings. The Bertz CT molecular complexity index is 336. The molecule has 1 fully saturated rings. The molecule has 0 spiro atoms. The molecule has 1 aromatic carbocycles. The second kappa shape index (κ2) is 4.98. The van der Waals surface area contributed by atoms with E-state index in [1.54, 1.807) is 0 Å². The summed E-state index contributed by atoms with van der Waals surface area (Å²) < 4.78 is 0. The predicted octanol–water partition coefficient (Wildman–Crippen LogP) is 1.96. The van der Waals surface area contributed by atoms with E-state index < -0.39 is 0 Å². The Labute approximate surface area is 97.7 Å². The Hall–Kier alpha value is -0.860. The lowest BCUT2D eigenvalue weighted by Gasteiger charge is -2.20. The van der Waals surface area contributed by atoms with E-state index in [0.29, 0.717) is 6.04 Å². The number of hydrogen-bond acceptors (Lipinski definition) is 2. The van der Waals surface area contributed by atoms with Crippen LogP contribution in [0.1, 0.15) is 29.5 Å². The Morgan fingerprint density at radius 3 is 2.62 bits per heavy atom. The zero-order valence-corrected chi connectivity index (χ0v) is 10.2. The van der Waals surface area contributed by atoms with Gasteiger partial charge in [-0.25, -0.2) is 0 Å². The highest BCUT2D eigenvalue weighted by Crippen LogP contribution is 2.19. The summed E-state index contributed by atoms with van der Waals surface area (Å²) >= 11 is 0. The molecule has 2 nitrogen and oxygen atoms in total. The molecule has 0 bridgehead atoms. The first-order valence-electron chi connectivity index (χ1n) is 6.15. The fraction of sp³-hybridized carbons (Fsp3) is 0.571. The number of aryl methyl sites for hydroxylation is 2. The van der Waals surface area contributed by atoms with Crippen LogP contribution in [0.2, 0.25) is 0 Å². The summed E-state index contributed by atoms with van der Waals surface area (Å²) in [6, 6.07) is 6.61. The van der Waals surface area contributed by atoms with Crippen LogP contribution in [0.25, 0.3) is 0 Å². The van der Waals surface area contributed by atoms with Gasteiger partial charge in [0.05, 0.1) is 6.10 Å². The molecule has 2 atom stereocenters. The maximum atomic E-state index is 10.2. The number of rotatable bonds is 3. The molecule has 16 heavy (non-hydrogen) atoms. The van der Waals surface area contributed by atoms with Crippen molar-refractivity contribution in [2.24, 2.45) is 0 Å². The third-order valence-corrected chi connectivity index (χ3v) is 3.62. The molecule has 2 rings (SSSR count). The second-order valence-corrected chi connectivity index (χ2v) is 4.84. The molecular weight excluding hydrogens is 198 g/mol. The van der Waals surface area contributed by atoms with Gasteiger partial charge in [-0.2, -0.15) is 0 Å². The molecule has 0 saturated carbocycles. The summed E-state index contributed by atoms with van der Waals surface area (Å²) in [4.78, 5) is 0. The summed E-state index contributed by atoms with van der Waals surface area (Å²) in [5.74, 6) is 0. The number of aliphatic hydroxyl groups is 1.